The van der Waals surface area contributed by atoms with Crippen molar-refractivity contribution >= 4 is 0 Å². The number of benzene rings is 1. The Morgan fingerprint density at radius 2 is 1.90 bits per heavy atom. The number of nitrogens with zero attached hydrogens (tertiary/aromatic N) is 1. The van der Waals surface area contributed by atoms with Crippen molar-refractivity contribution in [2.45, 2.75) is 19.9 Å². The largest absolute Gasteiger partial charge is 0.439 e. The highest BCUT2D eigenvalue weighted by Gasteiger charge is 2.04. The van der Waals surface area contributed by atoms with Crippen LogP contribution in [0.1, 0.15) is 18.9 Å². The van der Waals surface area contributed by atoms with Crippen LogP contribution in [0.2, 0.25) is 0 Å². The second-order valence-corrected chi connectivity index (χ2v) is 4.39. The number of pyridine rings is 1. The molecular formula is C15H16F2N2O. The van der Waals surface area contributed by atoms with Crippen LogP contribution >= 0.6 is 0 Å². The van der Waals surface area contributed by atoms with Gasteiger partial charge in [0.1, 0.15) is 17.4 Å². The first-order valence-electron chi connectivity index (χ1n) is 6.47. The van der Waals surface area contributed by atoms with E-state index in [4.69, 9.17) is 4.74 Å². The minimum absolute atomic E-state index is 0.0897. The van der Waals surface area contributed by atoms with Crippen LogP contribution in [0, 0.1) is 11.6 Å². The van der Waals surface area contributed by atoms with E-state index in [2.05, 4.69) is 17.2 Å². The maximum Gasteiger partial charge on any atom is 0.219 e. The van der Waals surface area contributed by atoms with Gasteiger partial charge in [-0.25, -0.2) is 13.8 Å². The normalized spacial score (nSPS) is 10.6. The predicted octanol–water partition coefficient (Wildman–Crippen LogP) is 3.65. The zero-order valence-corrected chi connectivity index (χ0v) is 11.2. The highest BCUT2D eigenvalue weighted by Crippen LogP contribution is 2.21. The molecular weight excluding hydrogens is 262 g/mol. The summed E-state index contributed by atoms with van der Waals surface area (Å²) < 4.78 is 31.3. The average molecular weight is 278 g/mol. The molecule has 0 radical (unpaired) electrons. The number of hydrogen-bond acceptors (Lipinski definition) is 3. The lowest BCUT2D eigenvalue weighted by atomic mass is 10.3. The maximum absolute atomic E-state index is 13.0. The summed E-state index contributed by atoms with van der Waals surface area (Å²) in [7, 11) is 0. The Hall–Kier alpha value is -2.01. The highest BCUT2D eigenvalue weighted by molar-refractivity contribution is 5.29. The fraction of sp³-hybridized carbons (Fsp3) is 0.267. The molecule has 3 nitrogen and oxygen atoms in total. The molecule has 0 amide bonds. The lowest BCUT2D eigenvalue weighted by Gasteiger charge is -2.07. The van der Waals surface area contributed by atoms with Gasteiger partial charge in [0, 0.05) is 37.0 Å². The number of ether oxygens (including phenoxy) is 1. The molecule has 2 rings (SSSR count). The molecule has 0 aliphatic heterocycles. The van der Waals surface area contributed by atoms with E-state index in [0.717, 1.165) is 43.3 Å². The molecule has 0 unspecified atom stereocenters. The Morgan fingerprint density at radius 3 is 2.50 bits per heavy atom. The summed E-state index contributed by atoms with van der Waals surface area (Å²) in [6.45, 7) is 3.77. The second kappa shape index (κ2) is 6.96. The van der Waals surface area contributed by atoms with Gasteiger partial charge in [0.25, 0.3) is 0 Å². The monoisotopic (exact) mass is 278 g/mol. The molecule has 0 aliphatic rings. The molecule has 20 heavy (non-hydrogen) atoms. The SMILES string of the molecule is CCCNCc1ccc(Oc2cc(F)cc(F)c2)nc1. The molecule has 1 heterocycles. The van der Waals surface area contributed by atoms with Crippen LogP contribution in [0.5, 0.6) is 11.6 Å². The summed E-state index contributed by atoms with van der Waals surface area (Å²) in [5.41, 5.74) is 1.02. The zero-order valence-electron chi connectivity index (χ0n) is 11.2. The van der Waals surface area contributed by atoms with E-state index in [0.29, 0.717) is 5.88 Å². The summed E-state index contributed by atoms with van der Waals surface area (Å²) in [6, 6.07) is 6.55. The first-order chi connectivity index (χ1) is 9.67. The van der Waals surface area contributed by atoms with Crippen molar-refractivity contribution in [2.24, 2.45) is 0 Å². The fourth-order valence-corrected chi connectivity index (χ4v) is 1.69. The summed E-state index contributed by atoms with van der Waals surface area (Å²) in [5.74, 6) is -0.970. The molecule has 5 heteroatoms. The molecule has 2 aromatic rings. The minimum Gasteiger partial charge on any atom is -0.439 e. The fourth-order valence-electron chi connectivity index (χ4n) is 1.69. The topological polar surface area (TPSA) is 34.1 Å². The molecule has 0 saturated heterocycles. The van der Waals surface area contributed by atoms with Gasteiger partial charge in [0.05, 0.1) is 0 Å². The number of halogens is 2. The van der Waals surface area contributed by atoms with Crippen molar-refractivity contribution in [3.05, 3.63) is 53.7 Å². The predicted molar refractivity (Wildman–Crippen MR) is 72.7 cm³/mol. The quantitative estimate of drug-likeness (QED) is 0.819. The van der Waals surface area contributed by atoms with E-state index in [1.165, 1.54) is 0 Å². The van der Waals surface area contributed by atoms with Crippen molar-refractivity contribution in [3.63, 3.8) is 0 Å². The Labute approximate surface area is 116 Å². The van der Waals surface area contributed by atoms with Gasteiger partial charge < -0.3 is 10.1 Å². The Balaban J connectivity index is 1.99. The summed E-state index contributed by atoms with van der Waals surface area (Å²) >= 11 is 0. The molecule has 0 aliphatic carbocycles. The molecule has 0 spiro atoms. The molecule has 0 bridgehead atoms. The van der Waals surface area contributed by atoms with Crippen molar-refractivity contribution in [2.75, 3.05) is 6.54 Å². The van der Waals surface area contributed by atoms with E-state index in [1.807, 2.05) is 6.07 Å². The summed E-state index contributed by atoms with van der Waals surface area (Å²) in [4.78, 5) is 4.10. The van der Waals surface area contributed by atoms with E-state index < -0.39 is 11.6 Å². The number of hydrogen-bond donors (Lipinski definition) is 1. The molecule has 1 N–H and O–H groups in total. The van der Waals surface area contributed by atoms with Crippen molar-refractivity contribution < 1.29 is 13.5 Å². The summed E-state index contributed by atoms with van der Waals surface area (Å²) in [6.07, 6.45) is 2.74. The van der Waals surface area contributed by atoms with E-state index in [-0.39, 0.29) is 5.75 Å². The Kier molecular flexibility index (Phi) is 5.01. The van der Waals surface area contributed by atoms with Gasteiger partial charge >= 0.3 is 0 Å². The van der Waals surface area contributed by atoms with Crippen LogP contribution in [0.4, 0.5) is 8.78 Å². The smallest absolute Gasteiger partial charge is 0.219 e. The lowest BCUT2D eigenvalue weighted by molar-refractivity contribution is 0.451. The Bertz CT molecular complexity index is 538. The third-order valence-corrected chi connectivity index (χ3v) is 2.61. The second-order valence-electron chi connectivity index (χ2n) is 4.39. The standard InChI is InChI=1S/C15H16F2N2O/c1-2-5-18-9-11-3-4-15(19-10-11)20-14-7-12(16)6-13(17)8-14/h3-4,6-8,10,18H,2,5,9H2,1H3. The van der Waals surface area contributed by atoms with Gasteiger partial charge in [0.2, 0.25) is 5.88 Å². The summed E-state index contributed by atoms with van der Waals surface area (Å²) in [5, 5.41) is 3.26. The van der Waals surface area contributed by atoms with Gasteiger partial charge in [-0.15, -0.1) is 0 Å². The minimum atomic E-state index is -0.680. The maximum atomic E-state index is 13.0. The van der Waals surface area contributed by atoms with E-state index in [1.54, 1.807) is 12.3 Å². The van der Waals surface area contributed by atoms with Gasteiger partial charge in [-0.05, 0) is 18.5 Å². The number of aromatic nitrogens is 1. The first-order valence-corrected chi connectivity index (χ1v) is 6.47. The molecule has 1 aromatic carbocycles. The van der Waals surface area contributed by atoms with Crippen LogP contribution in [0.25, 0.3) is 0 Å². The van der Waals surface area contributed by atoms with Crippen molar-refractivity contribution in [3.8, 4) is 11.6 Å². The van der Waals surface area contributed by atoms with Gasteiger partial charge in [-0.1, -0.05) is 13.0 Å². The molecule has 1 aromatic heterocycles. The van der Waals surface area contributed by atoms with Gasteiger partial charge in [0.15, 0.2) is 0 Å². The van der Waals surface area contributed by atoms with Crippen molar-refractivity contribution in [1.82, 2.24) is 10.3 Å². The average Bonchev–Trinajstić information content (AvgIpc) is 2.40. The molecule has 0 saturated carbocycles. The van der Waals surface area contributed by atoms with Crippen LogP contribution < -0.4 is 10.1 Å². The van der Waals surface area contributed by atoms with E-state index in [9.17, 15) is 8.78 Å². The third kappa shape index (κ3) is 4.28. The zero-order chi connectivity index (χ0) is 14.4. The molecule has 106 valence electrons. The third-order valence-electron chi connectivity index (χ3n) is 2.61. The first kappa shape index (κ1) is 14.4. The molecule has 0 atom stereocenters. The van der Waals surface area contributed by atoms with Crippen molar-refractivity contribution in [1.29, 1.82) is 0 Å². The Morgan fingerprint density at radius 1 is 1.15 bits per heavy atom. The highest BCUT2D eigenvalue weighted by atomic mass is 19.1. The van der Waals surface area contributed by atoms with Gasteiger partial charge in [-0.3, -0.25) is 0 Å². The van der Waals surface area contributed by atoms with Crippen LogP contribution in [0.15, 0.2) is 36.5 Å². The van der Waals surface area contributed by atoms with Crippen LogP contribution in [0.3, 0.4) is 0 Å². The lowest BCUT2D eigenvalue weighted by Crippen LogP contribution is -2.13. The van der Waals surface area contributed by atoms with Crippen LogP contribution in [-0.2, 0) is 6.54 Å². The van der Waals surface area contributed by atoms with Crippen LogP contribution in [-0.4, -0.2) is 11.5 Å². The van der Waals surface area contributed by atoms with E-state index >= 15 is 0 Å². The van der Waals surface area contributed by atoms with Gasteiger partial charge in [-0.2, -0.15) is 0 Å². The number of nitrogens with one attached hydrogen (secondary N) is 1. The molecule has 0 fully saturated rings. The number of rotatable bonds is 6.